The zero-order valence-corrected chi connectivity index (χ0v) is 10.6. The number of rotatable bonds is 3. The van der Waals surface area contributed by atoms with Crippen LogP contribution in [0.3, 0.4) is 0 Å². The average molecular weight is 227 g/mol. The summed E-state index contributed by atoms with van der Waals surface area (Å²) in [6.45, 7) is 6.35. The summed E-state index contributed by atoms with van der Waals surface area (Å²) in [7, 11) is 0. The predicted molar refractivity (Wildman–Crippen MR) is 64.4 cm³/mol. The van der Waals surface area contributed by atoms with Gasteiger partial charge in [-0.3, -0.25) is 0 Å². The van der Waals surface area contributed by atoms with E-state index in [1.807, 2.05) is 0 Å². The molecule has 94 valence electrons. The van der Waals surface area contributed by atoms with Crippen molar-refractivity contribution in [3.8, 4) is 0 Å². The van der Waals surface area contributed by atoms with Crippen LogP contribution in [0.15, 0.2) is 0 Å². The fourth-order valence-corrected chi connectivity index (χ4v) is 3.38. The highest BCUT2D eigenvalue weighted by atomic mass is 16.5. The van der Waals surface area contributed by atoms with Crippen molar-refractivity contribution >= 4 is 0 Å². The molecule has 2 rings (SSSR count). The SMILES string of the molecule is CC1(C)CC2(CCC(NCCO)CC2)CO1. The van der Waals surface area contributed by atoms with Crippen LogP contribution in [0.4, 0.5) is 0 Å². The molecule has 0 atom stereocenters. The van der Waals surface area contributed by atoms with Crippen LogP contribution in [0.1, 0.15) is 46.0 Å². The molecule has 1 saturated heterocycles. The zero-order valence-electron chi connectivity index (χ0n) is 10.6. The second kappa shape index (κ2) is 4.63. The molecule has 0 aromatic carbocycles. The molecule has 3 heteroatoms. The molecule has 0 aromatic heterocycles. The van der Waals surface area contributed by atoms with Gasteiger partial charge in [0.1, 0.15) is 0 Å². The molecule has 1 saturated carbocycles. The standard InChI is InChI=1S/C13H25NO2/c1-12(2)9-13(10-16-12)5-3-11(4-6-13)14-7-8-15/h11,14-15H,3-10H2,1-2H3. The lowest BCUT2D eigenvalue weighted by atomic mass is 9.70. The Hall–Kier alpha value is -0.120. The van der Waals surface area contributed by atoms with E-state index in [1.165, 1.54) is 32.1 Å². The highest BCUT2D eigenvalue weighted by Gasteiger charge is 2.45. The Labute approximate surface area is 98.6 Å². The van der Waals surface area contributed by atoms with Gasteiger partial charge < -0.3 is 15.2 Å². The number of nitrogens with one attached hydrogen (secondary N) is 1. The molecule has 0 bridgehead atoms. The first kappa shape index (κ1) is 12.3. The maximum atomic E-state index is 8.79. The van der Waals surface area contributed by atoms with E-state index < -0.39 is 0 Å². The summed E-state index contributed by atoms with van der Waals surface area (Å²) in [6, 6.07) is 0.612. The second-order valence-electron chi connectivity index (χ2n) is 6.18. The Balaban J connectivity index is 1.81. The van der Waals surface area contributed by atoms with E-state index in [-0.39, 0.29) is 12.2 Å². The summed E-state index contributed by atoms with van der Waals surface area (Å²) >= 11 is 0. The first-order valence-corrected chi connectivity index (χ1v) is 6.54. The van der Waals surface area contributed by atoms with Crippen molar-refractivity contribution in [1.82, 2.24) is 5.32 Å². The molecule has 1 aliphatic heterocycles. The molecule has 1 aliphatic carbocycles. The maximum Gasteiger partial charge on any atom is 0.0632 e. The molecule has 2 N–H and O–H groups in total. The Kier molecular flexibility index (Phi) is 3.57. The third kappa shape index (κ3) is 2.76. The van der Waals surface area contributed by atoms with Gasteiger partial charge in [0.2, 0.25) is 0 Å². The predicted octanol–water partition coefficient (Wildman–Crippen LogP) is 1.70. The lowest BCUT2D eigenvalue weighted by Crippen LogP contribution is -2.39. The third-order valence-corrected chi connectivity index (χ3v) is 4.16. The van der Waals surface area contributed by atoms with Crippen LogP contribution >= 0.6 is 0 Å². The third-order valence-electron chi connectivity index (χ3n) is 4.16. The van der Waals surface area contributed by atoms with Crippen molar-refractivity contribution in [2.45, 2.75) is 57.6 Å². The van der Waals surface area contributed by atoms with Crippen LogP contribution in [-0.2, 0) is 4.74 Å². The van der Waals surface area contributed by atoms with E-state index in [2.05, 4.69) is 19.2 Å². The Morgan fingerprint density at radius 2 is 2.00 bits per heavy atom. The minimum absolute atomic E-state index is 0.0887. The number of aliphatic hydroxyl groups excluding tert-OH is 1. The molecule has 2 fully saturated rings. The van der Waals surface area contributed by atoms with E-state index in [9.17, 15) is 0 Å². The minimum Gasteiger partial charge on any atom is -0.395 e. The first-order valence-electron chi connectivity index (χ1n) is 6.54. The minimum atomic E-state index is 0.0887. The van der Waals surface area contributed by atoms with Gasteiger partial charge in [-0.25, -0.2) is 0 Å². The molecule has 0 aromatic rings. The zero-order chi connectivity index (χ0) is 11.6. The van der Waals surface area contributed by atoms with Gasteiger partial charge in [-0.05, 0) is 51.4 Å². The molecule has 2 aliphatic rings. The molecule has 1 spiro atoms. The van der Waals surface area contributed by atoms with Gasteiger partial charge >= 0.3 is 0 Å². The summed E-state index contributed by atoms with van der Waals surface area (Å²) in [5, 5.41) is 12.2. The van der Waals surface area contributed by atoms with Crippen LogP contribution in [-0.4, -0.2) is 36.5 Å². The van der Waals surface area contributed by atoms with Crippen LogP contribution in [0.2, 0.25) is 0 Å². The normalized spacial score (nSPS) is 38.1. The molecule has 0 unspecified atom stereocenters. The average Bonchev–Trinajstić information content (AvgIpc) is 2.54. The molecule has 1 heterocycles. The van der Waals surface area contributed by atoms with E-state index in [4.69, 9.17) is 9.84 Å². The van der Waals surface area contributed by atoms with Crippen LogP contribution < -0.4 is 5.32 Å². The lowest BCUT2D eigenvalue weighted by molar-refractivity contribution is 0.0277. The Morgan fingerprint density at radius 3 is 2.50 bits per heavy atom. The van der Waals surface area contributed by atoms with E-state index in [0.717, 1.165) is 13.2 Å². The van der Waals surface area contributed by atoms with Crippen molar-refractivity contribution in [3.63, 3.8) is 0 Å². The van der Waals surface area contributed by atoms with E-state index in [0.29, 0.717) is 11.5 Å². The number of ether oxygens (including phenoxy) is 1. The molecule has 0 amide bonds. The van der Waals surface area contributed by atoms with Crippen LogP contribution in [0, 0.1) is 5.41 Å². The first-order chi connectivity index (χ1) is 7.55. The van der Waals surface area contributed by atoms with E-state index in [1.54, 1.807) is 0 Å². The summed E-state index contributed by atoms with van der Waals surface area (Å²) in [6.07, 6.45) is 6.24. The monoisotopic (exact) mass is 227 g/mol. The highest BCUT2D eigenvalue weighted by Crippen LogP contribution is 2.48. The van der Waals surface area contributed by atoms with Gasteiger partial charge in [-0.1, -0.05) is 0 Å². The lowest BCUT2D eigenvalue weighted by Gasteiger charge is -2.37. The smallest absolute Gasteiger partial charge is 0.0632 e. The van der Waals surface area contributed by atoms with Crippen molar-refractivity contribution < 1.29 is 9.84 Å². The van der Waals surface area contributed by atoms with Gasteiger partial charge in [0.05, 0.1) is 18.8 Å². The molecular weight excluding hydrogens is 202 g/mol. The fraction of sp³-hybridized carbons (Fsp3) is 1.00. The van der Waals surface area contributed by atoms with Gasteiger partial charge in [0.25, 0.3) is 0 Å². The number of hydrogen-bond donors (Lipinski definition) is 2. The van der Waals surface area contributed by atoms with Gasteiger partial charge in [-0.2, -0.15) is 0 Å². The molecule has 0 radical (unpaired) electrons. The summed E-state index contributed by atoms with van der Waals surface area (Å²) < 4.78 is 5.89. The fourth-order valence-electron chi connectivity index (χ4n) is 3.38. The van der Waals surface area contributed by atoms with Crippen molar-refractivity contribution in [1.29, 1.82) is 0 Å². The van der Waals surface area contributed by atoms with Crippen molar-refractivity contribution in [2.75, 3.05) is 19.8 Å². The summed E-state index contributed by atoms with van der Waals surface area (Å²) in [4.78, 5) is 0. The van der Waals surface area contributed by atoms with Crippen molar-refractivity contribution in [2.24, 2.45) is 5.41 Å². The van der Waals surface area contributed by atoms with Crippen LogP contribution in [0.25, 0.3) is 0 Å². The second-order valence-corrected chi connectivity index (χ2v) is 6.18. The molecular formula is C13H25NO2. The topological polar surface area (TPSA) is 41.5 Å². The van der Waals surface area contributed by atoms with Crippen molar-refractivity contribution in [3.05, 3.63) is 0 Å². The van der Waals surface area contributed by atoms with E-state index >= 15 is 0 Å². The largest absolute Gasteiger partial charge is 0.395 e. The summed E-state index contributed by atoms with van der Waals surface area (Å²) in [5.74, 6) is 0. The maximum absolute atomic E-state index is 8.79. The molecule has 3 nitrogen and oxygen atoms in total. The molecule has 16 heavy (non-hydrogen) atoms. The van der Waals surface area contributed by atoms with Gasteiger partial charge in [-0.15, -0.1) is 0 Å². The Morgan fingerprint density at radius 1 is 1.31 bits per heavy atom. The van der Waals surface area contributed by atoms with Crippen LogP contribution in [0.5, 0.6) is 0 Å². The number of hydrogen-bond acceptors (Lipinski definition) is 3. The Bertz CT molecular complexity index is 232. The van der Waals surface area contributed by atoms with Gasteiger partial charge in [0.15, 0.2) is 0 Å². The summed E-state index contributed by atoms with van der Waals surface area (Å²) in [5.41, 5.74) is 0.548. The quantitative estimate of drug-likeness (QED) is 0.771. The highest BCUT2D eigenvalue weighted by molar-refractivity contribution is 4.96. The number of aliphatic hydroxyl groups is 1. The van der Waals surface area contributed by atoms with Gasteiger partial charge in [0, 0.05) is 12.6 Å².